The van der Waals surface area contributed by atoms with Crippen LogP contribution in [-0.2, 0) is 7.05 Å². The normalized spacial score (nSPS) is 10.6. The number of carbonyl (C=O) groups excluding carboxylic acids is 1. The standard InChI is InChI=1S/C22H29N7O3/c1-14-11-20(28(2)3)26-22(25-14)24-10-9-23-21(30)18-13-17(27-29(18)4)16-12-15(31-5)7-8-19(16)32-6/h7-8,11-13H,9-10H2,1-6H3,(H,23,30)(H,24,25,26). The maximum atomic E-state index is 12.7. The van der Waals surface area contributed by atoms with E-state index in [0.29, 0.717) is 41.9 Å². The molecule has 10 nitrogen and oxygen atoms in total. The molecule has 0 unspecified atom stereocenters. The maximum Gasteiger partial charge on any atom is 0.269 e. The number of aryl methyl sites for hydroxylation is 2. The molecule has 0 fully saturated rings. The summed E-state index contributed by atoms with van der Waals surface area (Å²) in [6, 6.07) is 9.09. The summed E-state index contributed by atoms with van der Waals surface area (Å²) in [5.74, 6) is 2.44. The van der Waals surface area contributed by atoms with E-state index in [4.69, 9.17) is 9.47 Å². The molecule has 0 saturated carbocycles. The number of nitrogens with one attached hydrogen (secondary N) is 2. The van der Waals surface area contributed by atoms with Crippen molar-refractivity contribution in [3.63, 3.8) is 0 Å². The average Bonchev–Trinajstić information content (AvgIpc) is 3.17. The lowest BCUT2D eigenvalue weighted by Crippen LogP contribution is -2.30. The molecule has 10 heteroatoms. The average molecular weight is 440 g/mol. The van der Waals surface area contributed by atoms with E-state index >= 15 is 0 Å². The Labute approximate surface area is 187 Å². The number of benzene rings is 1. The van der Waals surface area contributed by atoms with Gasteiger partial charge in [0.25, 0.3) is 5.91 Å². The van der Waals surface area contributed by atoms with Crippen molar-refractivity contribution in [3.05, 3.63) is 41.7 Å². The minimum Gasteiger partial charge on any atom is -0.497 e. The number of aromatic nitrogens is 4. The third kappa shape index (κ3) is 5.26. The fraction of sp³-hybridized carbons (Fsp3) is 0.364. The summed E-state index contributed by atoms with van der Waals surface area (Å²) < 4.78 is 12.3. The number of amides is 1. The van der Waals surface area contributed by atoms with Gasteiger partial charge in [0.15, 0.2) is 0 Å². The topological polar surface area (TPSA) is 106 Å². The maximum absolute atomic E-state index is 12.7. The first-order chi connectivity index (χ1) is 15.3. The van der Waals surface area contributed by atoms with Crippen LogP contribution in [0.4, 0.5) is 11.8 Å². The van der Waals surface area contributed by atoms with Gasteiger partial charge in [-0.15, -0.1) is 0 Å². The zero-order chi connectivity index (χ0) is 23.3. The number of anilines is 2. The monoisotopic (exact) mass is 439 g/mol. The SMILES string of the molecule is COc1ccc(OC)c(-c2cc(C(=O)NCCNc3nc(C)cc(N(C)C)n3)n(C)n2)c1. The fourth-order valence-electron chi connectivity index (χ4n) is 3.13. The Morgan fingerprint density at radius 3 is 2.56 bits per heavy atom. The third-order valence-corrected chi connectivity index (χ3v) is 4.79. The molecule has 2 heterocycles. The van der Waals surface area contributed by atoms with Crippen LogP contribution in [0.25, 0.3) is 11.3 Å². The molecule has 0 aliphatic rings. The number of methoxy groups -OCH3 is 2. The molecule has 3 rings (SSSR count). The lowest BCUT2D eigenvalue weighted by molar-refractivity contribution is 0.0945. The van der Waals surface area contributed by atoms with Crippen molar-refractivity contribution in [2.24, 2.45) is 7.05 Å². The van der Waals surface area contributed by atoms with Gasteiger partial charge in [0.2, 0.25) is 5.95 Å². The van der Waals surface area contributed by atoms with Crippen LogP contribution >= 0.6 is 0 Å². The van der Waals surface area contributed by atoms with E-state index in [1.165, 1.54) is 0 Å². The highest BCUT2D eigenvalue weighted by molar-refractivity contribution is 5.94. The first-order valence-electron chi connectivity index (χ1n) is 10.1. The lowest BCUT2D eigenvalue weighted by Gasteiger charge is -2.14. The van der Waals surface area contributed by atoms with Crippen LogP contribution in [0.5, 0.6) is 11.5 Å². The van der Waals surface area contributed by atoms with E-state index in [9.17, 15) is 4.79 Å². The quantitative estimate of drug-likeness (QED) is 0.488. The third-order valence-electron chi connectivity index (χ3n) is 4.79. The minimum atomic E-state index is -0.228. The van der Waals surface area contributed by atoms with E-state index in [0.717, 1.165) is 17.1 Å². The Balaban J connectivity index is 1.64. The zero-order valence-corrected chi connectivity index (χ0v) is 19.3. The molecule has 3 aromatic rings. The number of ether oxygens (including phenoxy) is 2. The van der Waals surface area contributed by atoms with E-state index < -0.39 is 0 Å². The van der Waals surface area contributed by atoms with Crippen LogP contribution in [0.15, 0.2) is 30.3 Å². The van der Waals surface area contributed by atoms with Gasteiger partial charge in [-0.2, -0.15) is 10.1 Å². The Kier molecular flexibility index (Phi) is 7.14. The predicted molar refractivity (Wildman–Crippen MR) is 124 cm³/mol. The smallest absolute Gasteiger partial charge is 0.269 e. The summed E-state index contributed by atoms with van der Waals surface area (Å²) in [6.45, 7) is 2.80. The summed E-state index contributed by atoms with van der Waals surface area (Å²) >= 11 is 0. The van der Waals surface area contributed by atoms with Crippen molar-refractivity contribution in [3.8, 4) is 22.8 Å². The molecule has 32 heavy (non-hydrogen) atoms. The van der Waals surface area contributed by atoms with Crippen LogP contribution in [0, 0.1) is 6.92 Å². The van der Waals surface area contributed by atoms with Gasteiger partial charge in [0.1, 0.15) is 23.0 Å². The summed E-state index contributed by atoms with van der Waals surface area (Å²) in [6.07, 6.45) is 0. The molecule has 1 amide bonds. The van der Waals surface area contributed by atoms with Gasteiger partial charge in [0.05, 0.1) is 19.9 Å². The largest absolute Gasteiger partial charge is 0.497 e. The summed E-state index contributed by atoms with van der Waals surface area (Å²) in [7, 11) is 8.77. The van der Waals surface area contributed by atoms with Crippen LogP contribution in [0.2, 0.25) is 0 Å². The zero-order valence-electron chi connectivity index (χ0n) is 19.3. The van der Waals surface area contributed by atoms with Gasteiger partial charge in [-0.05, 0) is 31.2 Å². The van der Waals surface area contributed by atoms with Crippen LogP contribution in [-0.4, -0.2) is 67.1 Å². The first-order valence-corrected chi connectivity index (χ1v) is 10.1. The molecule has 2 N–H and O–H groups in total. The molecule has 0 saturated heterocycles. The van der Waals surface area contributed by atoms with Crippen molar-refractivity contribution >= 4 is 17.7 Å². The number of hydrogen-bond acceptors (Lipinski definition) is 8. The van der Waals surface area contributed by atoms with Crippen molar-refractivity contribution in [2.75, 3.05) is 51.6 Å². The highest BCUT2D eigenvalue weighted by Gasteiger charge is 2.17. The minimum absolute atomic E-state index is 0.228. The van der Waals surface area contributed by atoms with E-state index in [1.54, 1.807) is 32.0 Å². The molecule has 2 aromatic heterocycles. The Hall–Kier alpha value is -3.82. The van der Waals surface area contributed by atoms with E-state index in [1.807, 2.05) is 50.2 Å². The second-order valence-corrected chi connectivity index (χ2v) is 7.37. The second-order valence-electron chi connectivity index (χ2n) is 7.37. The number of rotatable bonds is 9. The lowest BCUT2D eigenvalue weighted by atomic mass is 10.1. The van der Waals surface area contributed by atoms with Crippen molar-refractivity contribution in [1.29, 1.82) is 0 Å². The molecular weight excluding hydrogens is 410 g/mol. The number of nitrogens with zero attached hydrogens (tertiary/aromatic N) is 5. The highest BCUT2D eigenvalue weighted by atomic mass is 16.5. The van der Waals surface area contributed by atoms with E-state index in [2.05, 4.69) is 25.7 Å². The molecule has 0 radical (unpaired) electrons. The van der Waals surface area contributed by atoms with Gasteiger partial charge >= 0.3 is 0 Å². The van der Waals surface area contributed by atoms with Gasteiger partial charge in [-0.3, -0.25) is 9.48 Å². The number of hydrogen-bond donors (Lipinski definition) is 2. The summed E-state index contributed by atoms with van der Waals surface area (Å²) in [5, 5.41) is 10.5. The predicted octanol–water partition coefficient (Wildman–Crippen LogP) is 2.11. The highest BCUT2D eigenvalue weighted by Crippen LogP contribution is 2.32. The van der Waals surface area contributed by atoms with Crippen LogP contribution < -0.4 is 25.0 Å². The Morgan fingerprint density at radius 1 is 1.09 bits per heavy atom. The number of carbonyl (C=O) groups is 1. The molecule has 0 spiro atoms. The van der Waals surface area contributed by atoms with Crippen molar-refractivity contribution in [1.82, 2.24) is 25.1 Å². The van der Waals surface area contributed by atoms with Gasteiger partial charge in [0, 0.05) is 51.6 Å². The van der Waals surface area contributed by atoms with Crippen molar-refractivity contribution in [2.45, 2.75) is 6.92 Å². The molecule has 0 bridgehead atoms. The molecule has 170 valence electrons. The van der Waals surface area contributed by atoms with Gasteiger partial charge < -0.3 is 25.0 Å². The summed E-state index contributed by atoms with van der Waals surface area (Å²) in [4.78, 5) is 23.4. The summed E-state index contributed by atoms with van der Waals surface area (Å²) in [5.41, 5.74) is 2.67. The molecule has 0 atom stereocenters. The van der Waals surface area contributed by atoms with Gasteiger partial charge in [-0.1, -0.05) is 0 Å². The van der Waals surface area contributed by atoms with E-state index in [-0.39, 0.29) is 5.91 Å². The molecule has 0 aliphatic heterocycles. The molecule has 1 aromatic carbocycles. The Morgan fingerprint density at radius 2 is 1.88 bits per heavy atom. The first kappa shape index (κ1) is 22.9. The van der Waals surface area contributed by atoms with Crippen LogP contribution in [0.1, 0.15) is 16.2 Å². The Bertz CT molecular complexity index is 1100. The molecule has 0 aliphatic carbocycles. The fourth-order valence-corrected chi connectivity index (χ4v) is 3.13. The van der Waals surface area contributed by atoms with Crippen LogP contribution in [0.3, 0.4) is 0 Å². The molecular formula is C22H29N7O3. The van der Waals surface area contributed by atoms with Crippen molar-refractivity contribution < 1.29 is 14.3 Å². The second kappa shape index (κ2) is 9.99. The van der Waals surface area contributed by atoms with Gasteiger partial charge in [-0.25, -0.2) is 4.98 Å².